The molecule has 3 rings (SSSR count). The zero-order valence-corrected chi connectivity index (χ0v) is 18.9. The number of hydrogen-bond acceptors (Lipinski definition) is 7. The van der Waals surface area contributed by atoms with Gasteiger partial charge < -0.3 is 10.1 Å². The Hall–Kier alpha value is -3.69. The van der Waals surface area contributed by atoms with E-state index in [2.05, 4.69) is 10.3 Å². The molecular formula is C24H25N3O5S. The van der Waals surface area contributed by atoms with E-state index in [9.17, 15) is 13.2 Å². The summed E-state index contributed by atoms with van der Waals surface area (Å²) in [5.74, 6) is -0.0496. The number of ether oxygens (including phenoxy) is 1. The molecule has 0 saturated carbocycles. The van der Waals surface area contributed by atoms with E-state index >= 15 is 0 Å². The van der Waals surface area contributed by atoms with Crippen LogP contribution in [0.25, 0.3) is 5.57 Å². The Bertz CT molecular complexity index is 1210. The van der Waals surface area contributed by atoms with Gasteiger partial charge in [0, 0.05) is 36.3 Å². The van der Waals surface area contributed by atoms with Gasteiger partial charge in [0.05, 0.1) is 17.8 Å². The average molecular weight is 468 g/mol. The molecule has 0 atom stereocenters. The molecule has 2 aromatic carbocycles. The standard InChI is InChI=1S/C24H25N3O5S/c1-32-21-8-10-22(11-9-21)33(30,31)14-4-13-26-20-7-2-5-18(15-20)23(16-24(28)27-29)19-6-3-12-25-17-19/h2-3,5-12,15-17,26,29H,4,13-14H2,1H3,(H,27,28). The van der Waals surface area contributed by atoms with Crippen molar-refractivity contribution in [2.24, 2.45) is 0 Å². The van der Waals surface area contributed by atoms with Crippen molar-refractivity contribution in [3.8, 4) is 5.75 Å². The van der Waals surface area contributed by atoms with Crippen LogP contribution in [-0.4, -0.2) is 43.9 Å². The molecule has 0 unspecified atom stereocenters. The minimum Gasteiger partial charge on any atom is -0.497 e. The summed E-state index contributed by atoms with van der Waals surface area (Å²) >= 11 is 0. The number of sulfone groups is 1. The first-order chi connectivity index (χ1) is 15.9. The number of hydroxylamine groups is 1. The molecule has 0 bridgehead atoms. The molecule has 1 aromatic heterocycles. The molecule has 3 N–H and O–H groups in total. The third-order valence-corrected chi connectivity index (χ3v) is 6.69. The Morgan fingerprint density at radius 3 is 2.52 bits per heavy atom. The van der Waals surface area contributed by atoms with Crippen molar-refractivity contribution < 1.29 is 23.2 Å². The van der Waals surface area contributed by atoms with Crippen molar-refractivity contribution in [1.29, 1.82) is 0 Å². The van der Waals surface area contributed by atoms with Crippen LogP contribution in [0.1, 0.15) is 17.5 Å². The predicted octanol–water partition coefficient (Wildman–Crippen LogP) is 3.30. The molecule has 172 valence electrons. The Morgan fingerprint density at radius 1 is 1.09 bits per heavy atom. The third kappa shape index (κ3) is 6.64. The maximum Gasteiger partial charge on any atom is 0.267 e. The Kier molecular flexibility index (Phi) is 8.17. The molecule has 1 heterocycles. The second kappa shape index (κ2) is 11.3. The highest BCUT2D eigenvalue weighted by molar-refractivity contribution is 7.91. The molecule has 0 aliphatic heterocycles. The van der Waals surface area contributed by atoms with Gasteiger partial charge in [0.1, 0.15) is 5.75 Å². The zero-order valence-electron chi connectivity index (χ0n) is 18.1. The molecule has 0 spiro atoms. The largest absolute Gasteiger partial charge is 0.497 e. The summed E-state index contributed by atoms with van der Waals surface area (Å²) in [6.45, 7) is 0.446. The van der Waals surface area contributed by atoms with Gasteiger partial charge in [-0.1, -0.05) is 18.2 Å². The van der Waals surface area contributed by atoms with Gasteiger partial charge in [-0.05, 0) is 60.0 Å². The van der Waals surface area contributed by atoms with E-state index in [1.54, 1.807) is 48.2 Å². The van der Waals surface area contributed by atoms with Crippen molar-refractivity contribution in [1.82, 2.24) is 10.5 Å². The molecule has 0 aliphatic rings. The lowest BCUT2D eigenvalue weighted by atomic mass is 9.98. The average Bonchev–Trinajstić information content (AvgIpc) is 2.85. The maximum absolute atomic E-state index is 12.5. The summed E-state index contributed by atoms with van der Waals surface area (Å²) in [6, 6.07) is 17.3. The number of hydrogen-bond donors (Lipinski definition) is 3. The minimum absolute atomic E-state index is 0.00350. The van der Waals surface area contributed by atoms with Crippen LogP contribution >= 0.6 is 0 Å². The summed E-state index contributed by atoms with van der Waals surface area (Å²) in [5, 5.41) is 12.1. The van der Waals surface area contributed by atoms with Crippen molar-refractivity contribution >= 4 is 27.0 Å². The molecule has 0 fully saturated rings. The Morgan fingerprint density at radius 2 is 1.85 bits per heavy atom. The molecule has 0 radical (unpaired) electrons. The molecule has 0 saturated heterocycles. The molecule has 3 aromatic rings. The topological polar surface area (TPSA) is 118 Å². The van der Waals surface area contributed by atoms with Crippen molar-refractivity contribution in [3.05, 3.63) is 90.3 Å². The molecule has 8 nitrogen and oxygen atoms in total. The van der Waals surface area contributed by atoms with Crippen LogP contribution in [-0.2, 0) is 14.6 Å². The van der Waals surface area contributed by atoms with Crippen LogP contribution in [0, 0.1) is 0 Å². The van der Waals surface area contributed by atoms with Crippen LogP contribution in [0.15, 0.2) is 84.0 Å². The van der Waals surface area contributed by atoms with E-state index < -0.39 is 15.7 Å². The van der Waals surface area contributed by atoms with Crippen molar-refractivity contribution in [2.75, 3.05) is 24.7 Å². The first-order valence-electron chi connectivity index (χ1n) is 10.2. The normalized spacial score (nSPS) is 11.6. The van der Waals surface area contributed by atoms with Gasteiger partial charge in [0.2, 0.25) is 0 Å². The monoisotopic (exact) mass is 467 g/mol. The van der Waals surface area contributed by atoms with Crippen LogP contribution in [0.5, 0.6) is 5.75 Å². The number of pyridine rings is 1. The number of nitrogens with one attached hydrogen (secondary N) is 2. The lowest BCUT2D eigenvalue weighted by molar-refractivity contribution is -0.124. The highest BCUT2D eigenvalue weighted by Gasteiger charge is 2.14. The number of aromatic nitrogens is 1. The number of benzene rings is 2. The fourth-order valence-corrected chi connectivity index (χ4v) is 4.52. The SMILES string of the molecule is COc1ccc(S(=O)(=O)CCCNc2cccc(C(=CC(=O)NO)c3cccnc3)c2)cc1. The lowest BCUT2D eigenvalue weighted by Gasteiger charge is -2.12. The predicted molar refractivity (Wildman–Crippen MR) is 126 cm³/mol. The number of methoxy groups -OCH3 is 1. The van der Waals surface area contributed by atoms with E-state index in [0.29, 0.717) is 29.9 Å². The number of anilines is 1. The van der Waals surface area contributed by atoms with E-state index in [1.165, 1.54) is 13.2 Å². The second-order valence-corrected chi connectivity index (χ2v) is 9.24. The summed E-state index contributed by atoms with van der Waals surface area (Å²) in [4.78, 5) is 16.1. The summed E-state index contributed by atoms with van der Waals surface area (Å²) in [6.07, 6.45) is 4.96. The maximum atomic E-state index is 12.5. The lowest BCUT2D eigenvalue weighted by Crippen LogP contribution is -2.16. The van der Waals surface area contributed by atoms with Gasteiger partial charge in [0.25, 0.3) is 5.91 Å². The number of nitrogens with zero attached hydrogens (tertiary/aromatic N) is 1. The molecule has 33 heavy (non-hydrogen) atoms. The van der Waals surface area contributed by atoms with Gasteiger partial charge in [-0.2, -0.15) is 0 Å². The Balaban J connectivity index is 1.67. The van der Waals surface area contributed by atoms with E-state index in [0.717, 1.165) is 11.3 Å². The number of carbonyl (C=O) groups is 1. The van der Waals surface area contributed by atoms with Gasteiger partial charge >= 0.3 is 0 Å². The molecule has 9 heteroatoms. The van der Waals surface area contributed by atoms with Gasteiger partial charge in [-0.3, -0.25) is 15.0 Å². The summed E-state index contributed by atoms with van der Waals surface area (Å²) in [7, 11) is -1.86. The minimum atomic E-state index is -3.39. The fraction of sp³-hybridized carbons (Fsp3) is 0.167. The first-order valence-corrected chi connectivity index (χ1v) is 11.9. The van der Waals surface area contributed by atoms with Crippen LogP contribution in [0.3, 0.4) is 0 Å². The quantitative estimate of drug-likeness (QED) is 0.181. The Labute approximate surface area is 192 Å². The smallest absolute Gasteiger partial charge is 0.267 e. The van der Waals surface area contributed by atoms with Crippen molar-refractivity contribution in [2.45, 2.75) is 11.3 Å². The van der Waals surface area contributed by atoms with Crippen LogP contribution in [0.4, 0.5) is 5.69 Å². The summed E-state index contributed by atoms with van der Waals surface area (Å²) < 4.78 is 30.1. The van der Waals surface area contributed by atoms with Crippen LogP contribution in [0.2, 0.25) is 0 Å². The van der Waals surface area contributed by atoms with Gasteiger partial charge in [-0.25, -0.2) is 13.9 Å². The summed E-state index contributed by atoms with van der Waals surface area (Å²) in [5.41, 5.74) is 4.42. The van der Waals surface area contributed by atoms with Gasteiger partial charge in [0.15, 0.2) is 9.84 Å². The molecule has 1 amide bonds. The first kappa shape index (κ1) is 24.0. The van der Waals surface area contributed by atoms with Crippen molar-refractivity contribution in [3.63, 3.8) is 0 Å². The molecular weight excluding hydrogens is 442 g/mol. The van der Waals surface area contributed by atoms with E-state index in [4.69, 9.17) is 9.94 Å². The molecule has 0 aliphatic carbocycles. The fourth-order valence-electron chi connectivity index (χ4n) is 3.21. The van der Waals surface area contributed by atoms with E-state index in [1.807, 2.05) is 30.3 Å². The zero-order chi connectivity index (χ0) is 23.7. The number of carbonyl (C=O) groups excluding carboxylic acids is 1. The second-order valence-electron chi connectivity index (χ2n) is 7.13. The van der Waals surface area contributed by atoms with E-state index in [-0.39, 0.29) is 10.6 Å². The number of amides is 1. The van der Waals surface area contributed by atoms with Crippen LogP contribution < -0.4 is 15.5 Å². The number of rotatable bonds is 10. The third-order valence-electron chi connectivity index (χ3n) is 4.87. The van der Waals surface area contributed by atoms with Gasteiger partial charge in [-0.15, -0.1) is 0 Å². The highest BCUT2D eigenvalue weighted by Crippen LogP contribution is 2.25. The highest BCUT2D eigenvalue weighted by atomic mass is 32.2.